The van der Waals surface area contributed by atoms with Gasteiger partial charge in [-0.3, -0.25) is 0 Å². The fourth-order valence-electron chi connectivity index (χ4n) is 4.20. The summed E-state index contributed by atoms with van der Waals surface area (Å²) in [4.78, 5) is 27.1. The molecule has 3 aromatic rings. The van der Waals surface area contributed by atoms with Crippen LogP contribution in [0.3, 0.4) is 0 Å². The smallest absolute Gasteiger partial charge is 0.339 e. The first-order valence-electron chi connectivity index (χ1n) is 12.1. The normalized spacial score (nSPS) is 11.0. The van der Waals surface area contributed by atoms with E-state index in [1.54, 1.807) is 18.2 Å². The maximum Gasteiger partial charge on any atom is 0.339 e. The Hall–Kier alpha value is -3.87. The number of nitrogens with zero attached hydrogens (tertiary/aromatic N) is 1. The van der Waals surface area contributed by atoms with Crippen LogP contribution in [0.5, 0.6) is 0 Å². The lowest BCUT2D eigenvalue weighted by Gasteiger charge is -2.31. The first-order valence-corrected chi connectivity index (χ1v) is 12.1. The Kier molecular flexibility index (Phi) is 8.69. The zero-order valence-electron chi connectivity index (χ0n) is 21.4. The lowest BCUT2D eigenvalue weighted by atomic mass is 9.97. The van der Waals surface area contributed by atoms with Crippen molar-refractivity contribution >= 4 is 29.1 Å². The van der Waals surface area contributed by atoms with Crippen LogP contribution in [0, 0.1) is 24.6 Å². The molecule has 3 rings (SSSR count). The molecule has 190 valence electrons. The number of amides is 2. The number of carboxylic acids is 1. The van der Waals surface area contributed by atoms with E-state index in [1.165, 1.54) is 6.07 Å². The number of aryl methyl sites for hydroxylation is 1. The Balaban J connectivity index is 2.08. The van der Waals surface area contributed by atoms with Crippen molar-refractivity contribution in [1.29, 1.82) is 0 Å². The van der Waals surface area contributed by atoms with Crippen LogP contribution in [0.25, 0.3) is 11.1 Å². The first kappa shape index (κ1) is 26.7. The van der Waals surface area contributed by atoms with Crippen molar-refractivity contribution in [2.75, 3.05) is 28.6 Å². The largest absolute Gasteiger partial charge is 0.478 e. The van der Waals surface area contributed by atoms with E-state index in [0.29, 0.717) is 28.8 Å². The minimum absolute atomic E-state index is 0.246. The summed E-state index contributed by atoms with van der Waals surface area (Å²) in [5, 5.41) is 15.5. The summed E-state index contributed by atoms with van der Waals surface area (Å²) in [7, 11) is 0. The van der Waals surface area contributed by atoms with E-state index < -0.39 is 23.4 Å². The molecule has 0 atom stereocenters. The van der Waals surface area contributed by atoms with E-state index in [4.69, 9.17) is 0 Å². The van der Waals surface area contributed by atoms with Crippen molar-refractivity contribution in [3.63, 3.8) is 0 Å². The van der Waals surface area contributed by atoms with Crippen LogP contribution in [0.2, 0.25) is 0 Å². The minimum atomic E-state index is -1.35. The Morgan fingerprint density at radius 2 is 1.53 bits per heavy atom. The zero-order chi connectivity index (χ0) is 26.4. The highest BCUT2D eigenvalue weighted by Crippen LogP contribution is 2.35. The van der Waals surface area contributed by atoms with E-state index >= 15 is 0 Å². The number of aromatic carboxylic acids is 1. The van der Waals surface area contributed by atoms with Gasteiger partial charge in [-0.25, -0.2) is 14.0 Å². The third kappa shape index (κ3) is 6.62. The molecule has 0 saturated heterocycles. The number of urea groups is 1. The molecule has 0 radical (unpaired) electrons. The molecule has 6 nitrogen and oxygen atoms in total. The monoisotopic (exact) mass is 491 g/mol. The molecule has 3 aromatic carbocycles. The molecule has 0 saturated carbocycles. The van der Waals surface area contributed by atoms with Crippen molar-refractivity contribution in [2.45, 2.75) is 34.6 Å². The van der Waals surface area contributed by atoms with Crippen molar-refractivity contribution in [3.8, 4) is 11.1 Å². The number of carbonyl (C=O) groups is 2. The quantitative estimate of drug-likeness (QED) is 0.294. The summed E-state index contributed by atoms with van der Waals surface area (Å²) < 4.78 is 14.4. The maximum atomic E-state index is 14.4. The van der Waals surface area contributed by atoms with Gasteiger partial charge in [-0.15, -0.1) is 0 Å². The summed E-state index contributed by atoms with van der Waals surface area (Å²) in [5.41, 5.74) is 3.28. The Labute approximate surface area is 212 Å². The van der Waals surface area contributed by atoms with E-state index in [2.05, 4.69) is 43.2 Å². The van der Waals surface area contributed by atoms with Crippen LogP contribution in [-0.2, 0) is 0 Å². The molecule has 0 spiro atoms. The van der Waals surface area contributed by atoms with E-state index in [9.17, 15) is 19.1 Å². The SMILES string of the molecule is Cc1ccccc1NC(=O)Nc1cc(-c2cccc(F)c2C(=O)O)ccc1N(CC(C)C)CC(C)C. The third-order valence-electron chi connectivity index (χ3n) is 5.69. The fraction of sp³-hybridized carbons (Fsp3) is 0.310. The number of anilines is 3. The number of hydrogen-bond acceptors (Lipinski definition) is 3. The van der Waals surface area contributed by atoms with Gasteiger partial charge in [0.1, 0.15) is 11.4 Å². The van der Waals surface area contributed by atoms with Crippen LogP contribution in [0.4, 0.5) is 26.2 Å². The molecule has 0 aliphatic rings. The van der Waals surface area contributed by atoms with Gasteiger partial charge in [0.15, 0.2) is 0 Å². The second kappa shape index (κ2) is 11.7. The van der Waals surface area contributed by atoms with Gasteiger partial charge in [-0.05, 0) is 59.7 Å². The van der Waals surface area contributed by atoms with Crippen molar-refractivity contribution in [3.05, 3.63) is 77.6 Å². The van der Waals surface area contributed by atoms with E-state index in [-0.39, 0.29) is 5.56 Å². The molecule has 7 heteroatoms. The Bertz CT molecular complexity index is 1230. The molecule has 2 amide bonds. The van der Waals surface area contributed by atoms with Gasteiger partial charge < -0.3 is 20.6 Å². The molecule has 0 aliphatic heterocycles. The van der Waals surface area contributed by atoms with Crippen LogP contribution in [-0.4, -0.2) is 30.2 Å². The second-order valence-electron chi connectivity index (χ2n) is 9.79. The van der Waals surface area contributed by atoms with Crippen LogP contribution in [0.15, 0.2) is 60.7 Å². The number of nitrogens with one attached hydrogen (secondary N) is 2. The molecule has 0 aliphatic carbocycles. The van der Waals surface area contributed by atoms with Crippen molar-refractivity contribution in [2.24, 2.45) is 11.8 Å². The van der Waals surface area contributed by atoms with Gasteiger partial charge in [-0.2, -0.15) is 0 Å². The number of rotatable bonds is 9. The number of hydrogen-bond donors (Lipinski definition) is 3. The predicted molar refractivity (Wildman–Crippen MR) is 145 cm³/mol. The van der Waals surface area contributed by atoms with Gasteiger partial charge in [0.2, 0.25) is 0 Å². The third-order valence-corrected chi connectivity index (χ3v) is 5.69. The average molecular weight is 492 g/mol. The number of benzene rings is 3. The van der Waals surface area contributed by atoms with Crippen molar-refractivity contribution < 1.29 is 19.1 Å². The number of para-hydroxylation sites is 1. The molecule has 3 N–H and O–H groups in total. The summed E-state index contributed by atoms with van der Waals surface area (Å²) in [6, 6.07) is 16.6. The molecule has 36 heavy (non-hydrogen) atoms. The molecule has 0 heterocycles. The summed E-state index contributed by atoms with van der Waals surface area (Å²) in [6.07, 6.45) is 0. The fourth-order valence-corrected chi connectivity index (χ4v) is 4.20. The molecule has 0 bridgehead atoms. The van der Waals surface area contributed by atoms with Gasteiger partial charge >= 0.3 is 12.0 Å². The maximum absolute atomic E-state index is 14.4. The average Bonchev–Trinajstić information content (AvgIpc) is 2.79. The zero-order valence-corrected chi connectivity index (χ0v) is 21.4. The van der Waals surface area contributed by atoms with Gasteiger partial charge in [0.25, 0.3) is 0 Å². The standard InChI is InChI=1S/C29H34FN3O3/c1-18(2)16-33(17-19(3)4)26-14-13-21(22-10-8-11-23(30)27(22)28(34)35)15-25(26)32-29(36)31-24-12-7-6-9-20(24)5/h6-15,18-19H,16-17H2,1-5H3,(H,34,35)(H2,31,32,36). The van der Waals surface area contributed by atoms with Crippen LogP contribution >= 0.6 is 0 Å². The number of halogens is 1. The highest BCUT2D eigenvalue weighted by Gasteiger charge is 2.21. The summed E-state index contributed by atoms with van der Waals surface area (Å²) in [6.45, 7) is 12.0. The van der Waals surface area contributed by atoms with E-state index in [1.807, 2.05) is 37.3 Å². The highest BCUT2D eigenvalue weighted by molar-refractivity contribution is 6.03. The Morgan fingerprint density at radius 1 is 0.889 bits per heavy atom. The lowest BCUT2D eigenvalue weighted by molar-refractivity contribution is 0.0692. The van der Waals surface area contributed by atoms with Crippen molar-refractivity contribution in [1.82, 2.24) is 0 Å². The molecule has 0 fully saturated rings. The van der Waals surface area contributed by atoms with Crippen LogP contribution < -0.4 is 15.5 Å². The molecular formula is C29H34FN3O3. The number of carbonyl (C=O) groups excluding carboxylic acids is 1. The van der Waals surface area contributed by atoms with Gasteiger partial charge in [0.05, 0.1) is 11.4 Å². The highest BCUT2D eigenvalue weighted by atomic mass is 19.1. The van der Waals surface area contributed by atoms with Gasteiger partial charge in [-0.1, -0.05) is 64.1 Å². The summed E-state index contributed by atoms with van der Waals surface area (Å²) >= 11 is 0. The molecular weight excluding hydrogens is 457 g/mol. The van der Waals surface area contributed by atoms with Crippen LogP contribution in [0.1, 0.15) is 43.6 Å². The molecule has 0 unspecified atom stereocenters. The second-order valence-corrected chi connectivity index (χ2v) is 9.79. The topological polar surface area (TPSA) is 81.7 Å². The van der Waals surface area contributed by atoms with Gasteiger partial charge in [0, 0.05) is 18.8 Å². The first-order chi connectivity index (χ1) is 17.1. The minimum Gasteiger partial charge on any atom is -0.478 e. The molecule has 0 aromatic heterocycles. The predicted octanol–water partition coefficient (Wildman–Crippen LogP) is 7.26. The Morgan fingerprint density at radius 3 is 2.14 bits per heavy atom. The summed E-state index contributed by atoms with van der Waals surface area (Å²) in [5.74, 6) is -1.41. The lowest BCUT2D eigenvalue weighted by Crippen LogP contribution is -2.32. The van der Waals surface area contributed by atoms with E-state index in [0.717, 1.165) is 30.4 Å². The number of carboxylic acid groups (broad SMARTS) is 1.